The van der Waals surface area contributed by atoms with Gasteiger partial charge in [-0.2, -0.15) is 0 Å². The van der Waals surface area contributed by atoms with Crippen LogP contribution in [-0.4, -0.2) is 86.5 Å². The zero-order chi connectivity index (χ0) is 0. The first-order valence-corrected chi connectivity index (χ1v) is 0. The van der Waals surface area contributed by atoms with Crippen LogP contribution in [0.3, 0.4) is 0 Å². The van der Waals surface area contributed by atoms with Gasteiger partial charge in [0.15, 0.2) is 0 Å². The molecule has 0 heterocycles. The van der Waals surface area contributed by atoms with Crippen LogP contribution in [0.2, 0.25) is 0 Å². The fourth-order valence-corrected chi connectivity index (χ4v) is 0. The van der Waals surface area contributed by atoms with Crippen molar-refractivity contribution in [2.24, 2.45) is 0 Å². The van der Waals surface area contributed by atoms with Gasteiger partial charge in [0, 0.05) is 17.1 Å². The van der Waals surface area contributed by atoms with Crippen LogP contribution in [0.15, 0.2) is 0 Å². The molecule has 0 atom stereocenters. The summed E-state index contributed by atoms with van der Waals surface area (Å²) >= 11 is 0. The van der Waals surface area contributed by atoms with Gasteiger partial charge in [0.2, 0.25) is 0 Å². The van der Waals surface area contributed by atoms with Crippen molar-refractivity contribution in [3.05, 3.63) is 0 Å². The van der Waals surface area contributed by atoms with E-state index < -0.39 is 0 Å². The van der Waals surface area contributed by atoms with Crippen LogP contribution < -0.4 is 0 Å². The summed E-state index contributed by atoms with van der Waals surface area (Å²) in [6, 6.07) is 0. The fourth-order valence-electron chi connectivity index (χ4n) is 0. The summed E-state index contributed by atoms with van der Waals surface area (Å²) in [5.74, 6) is 0. The molecule has 0 aliphatic rings. The normalized spacial score (nSPS) is 0. The average molecular weight is 355 g/mol. The first-order chi connectivity index (χ1) is 0. The summed E-state index contributed by atoms with van der Waals surface area (Å²) in [7, 11) is 0. The van der Waals surface area contributed by atoms with E-state index in [1.807, 2.05) is 0 Å². The SMILES string of the molecule is [Cu].[SeH2].[SnH2].[SrH2]. The zero-order valence-electron chi connectivity index (χ0n) is 1.51. The molecule has 0 spiro atoms. The van der Waals surface area contributed by atoms with Gasteiger partial charge in [0.05, 0.1) is 0 Å². The molecule has 0 unspecified atom stereocenters. The monoisotopic (exact) mass is 357 g/mol. The Hall–Kier alpha value is 3.32. The molecule has 0 rings (SSSR count). The van der Waals surface area contributed by atoms with Crippen molar-refractivity contribution >= 4 is 86.5 Å². The Kier molecular flexibility index (Phi) is 108. The third-order valence-corrected chi connectivity index (χ3v) is 0. The molecule has 0 aromatic rings. The second-order valence-corrected chi connectivity index (χ2v) is 0. The van der Waals surface area contributed by atoms with Gasteiger partial charge in [-0.25, -0.2) is 0 Å². The van der Waals surface area contributed by atoms with Crippen LogP contribution >= 0.6 is 0 Å². The standard InChI is InChI=1S/Cu.H2Se.Sn.Sr.4H/h;1H2;;;;;;. The van der Waals surface area contributed by atoms with Gasteiger partial charge < -0.3 is 0 Å². The summed E-state index contributed by atoms with van der Waals surface area (Å²) < 4.78 is 0. The molecule has 0 saturated carbocycles. The predicted octanol–water partition coefficient (Wildman–Crippen LogP) is -2.75. The van der Waals surface area contributed by atoms with Crippen LogP contribution in [0.5, 0.6) is 0 Å². The summed E-state index contributed by atoms with van der Waals surface area (Å²) in [6.45, 7) is 0. The maximum atomic E-state index is 0. The van der Waals surface area contributed by atoms with E-state index in [9.17, 15) is 0 Å². The van der Waals surface area contributed by atoms with Crippen molar-refractivity contribution in [2.75, 3.05) is 0 Å². The maximum absolute atomic E-state index is 0. The van der Waals surface area contributed by atoms with Crippen LogP contribution in [0.25, 0.3) is 0 Å². The van der Waals surface area contributed by atoms with E-state index in [1.54, 1.807) is 0 Å². The quantitative estimate of drug-likeness (QED) is 0.414. The van der Waals surface area contributed by atoms with Gasteiger partial charge in [-0.05, 0) is 0 Å². The molecule has 0 aromatic carbocycles. The molecule has 0 bridgehead atoms. The first kappa shape index (κ1) is 26.5. The van der Waals surface area contributed by atoms with E-state index in [0.717, 1.165) is 0 Å². The van der Waals surface area contributed by atoms with Crippen LogP contribution in [0, 0.1) is 0 Å². The topological polar surface area (TPSA) is 0 Å². The number of rotatable bonds is 0. The molecule has 0 fully saturated rings. The summed E-state index contributed by atoms with van der Waals surface area (Å²) in [5, 5.41) is 0. The Morgan fingerprint density at radius 3 is 1.00 bits per heavy atom. The summed E-state index contributed by atoms with van der Waals surface area (Å²) in [4.78, 5) is 0. The molecule has 0 aromatic heterocycles. The van der Waals surface area contributed by atoms with Crippen molar-refractivity contribution in [3.63, 3.8) is 0 Å². The van der Waals surface area contributed by atoms with E-state index >= 15 is 0 Å². The molecular weight excluding hydrogens is 349 g/mol. The van der Waals surface area contributed by atoms with Gasteiger partial charge in [0.25, 0.3) is 0 Å². The Morgan fingerprint density at radius 1 is 1.00 bits per heavy atom. The summed E-state index contributed by atoms with van der Waals surface area (Å²) in [5.41, 5.74) is 0. The van der Waals surface area contributed by atoms with E-state index in [0.29, 0.717) is 0 Å². The second kappa shape index (κ2) is 16.2. The van der Waals surface area contributed by atoms with Crippen molar-refractivity contribution in [3.8, 4) is 0 Å². The van der Waals surface area contributed by atoms with Gasteiger partial charge in [-0.1, -0.05) is 0 Å². The van der Waals surface area contributed by atoms with Crippen LogP contribution in [0.4, 0.5) is 0 Å². The molecule has 29 valence electrons. The van der Waals surface area contributed by atoms with Crippen LogP contribution in [-0.2, 0) is 17.1 Å². The molecular formula is H6CuSeSnSr. The predicted molar refractivity (Wildman–Crippen MR) is 25.6 cm³/mol. The van der Waals surface area contributed by atoms with E-state index in [2.05, 4.69) is 0 Å². The van der Waals surface area contributed by atoms with Crippen molar-refractivity contribution in [1.29, 1.82) is 0 Å². The van der Waals surface area contributed by atoms with Crippen molar-refractivity contribution in [2.45, 2.75) is 0 Å². The van der Waals surface area contributed by atoms with Gasteiger partial charge >= 0.3 is 86.5 Å². The van der Waals surface area contributed by atoms with E-state index in [-0.39, 0.29) is 104 Å². The molecule has 0 N–H and O–H groups in total. The van der Waals surface area contributed by atoms with E-state index in [1.165, 1.54) is 0 Å². The van der Waals surface area contributed by atoms with Crippen molar-refractivity contribution in [1.82, 2.24) is 0 Å². The fraction of sp³-hybridized carbons (Fsp3) is 0. The molecule has 0 nitrogen and oxygen atoms in total. The summed E-state index contributed by atoms with van der Waals surface area (Å²) in [6.07, 6.45) is 0. The average Bonchev–Trinajstić information content (AvgIpc) is 0. The Morgan fingerprint density at radius 2 is 1.00 bits per heavy atom. The Labute approximate surface area is 101 Å². The number of hydrogen-bond acceptors (Lipinski definition) is 0. The molecule has 4 heteroatoms. The molecule has 0 aliphatic heterocycles. The minimum absolute atomic E-state index is 0. The van der Waals surface area contributed by atoms with Gasteiger partial charge in [0.1, 0.15) is 0 Å². The molecule has 0 saturated heterocycles. The van der Waals surface area contributed by atoms with Gasteiger partial charge in [-0.3, -0.25) is 0 Å². The first-order valence-electron chi connectivity index (χ1n) is 0. The molecule has 4 heavy (non-hydrogen) atoms. The molecule has 0 aliphatic carbocycles. The van der Waals surface area contributed by atoms with Gasteiger partial charge in [-0.15, -0.1) is 0 Å². The third kappa shape index (κ3) is 9.01. The molecule has 3 radical (unpaired) electrons. The third-order valence-electron chi connectivity index (χ3n) is 0. The Balaban J connectivity index is 0. The second-order valence-electron chi connectivity index (χ2n) is 0. The van der Waals surface area contributed by atoms with E-state index in [4.69, 9.17) is 0 Å². The van der Waals surface area contributed by atoms with Crippen molar-refractivity contribution < 1.29 is 17.1 Å². The zero-order valence-corrected chi connectivity index (χ0v) is 8.58. The molecule has 0 amide bonds. The van der Waals surface area contributed by atoms with Crippen LogP contribution in [0.1, 0.15) is 0 Å². The Bertz CT molecular complexity index is 8.00. The number of hydrogen-bond donors (Lipinski definition) is 0. The minimum atomic E-state index is 0.